The average Bonchev–Trinajstić information content (AvgIpc) is 2.61. The van der Waals surface area contributed by atoms with Gasteiger partial charge >= 0.3 is 0 Å². The van der Waals surface area contributed by atoms with Crippen LogP contribution in [0.15, 0.2) is 38.2 Å². The molecule has 2 aromatic rings. The Hall–Kier alpha value is -1.06. The number of nitrogens with one attached hydrogen (secondary N) is 1. The molecule has 0 unspecified atom stereocenters. The number of benzene rings is 1. The van der Waals surface area contributed by atoms with Crippen molar-refractivity contribution in [1.29, 1.82) is 0 Å². The van der Waals surface area contributed by atoms with Gasteiger partial charge in [0, 0.05) is 27.7 Å². The number of nitrogens with zero attached hydrogens (tertiary/aromatic N) is 2. The van der Waals surface area contributed by atoms with Crippen molar-refractivity contribution in [1.82, 2.24) is 9.78 Å². The van der Waals surface area contributed by atoms with Gasteiger partial charge < -0.3 is 5.73 Å². The lowest BCUT2D eigenvalue weighted by molar-refractivity contribution is 0.599. The van der Waals surface area contributed by atoms with E-state index in [9.17, 15) is 8.42 Å². The van der Waals surface area contributed by atoms with Crippen molar-refractivity contribution in [3.05, 3.63) is 33.3 Å². The minimum absolute atomic E-state index is 0.0860. The molecule has 1 aromatic heterocycles. The largest absolute Gasteiger partial charge is 0.399 e. The number of aryl methyl sites for hydroxylation is 1. The molecule has 0 spiro atoms. The van der Waals surface area contributed by atoms with E-state index in [0.29, 0.717) is 20.5 Å². The highest BCUT2D eigenvalue weighted by atomic mass is 79.9. The molecule has 0 atom stereocenters. The number of hydrogen-bond donors (Lipinski definition) is 2. The summed E-state index contributed by atoms with van der Waals surface area (Å²) in [7, 11) is -2.10. The molecule has 1 aromatic carbocycles. The molecule has 1 heterocycles. The van der Waals surface area contributed by atoms with E-state index in [1.54, 1.807) is 13.1 Å². The van der Waals surface area contributed by atoms with Crippen LogP contribution in [-0.4, -0.2) is 18.2 Å². The molecular weight excluding hydrogens is 400 g/mol. The topological polar surface area (TPSA) is 90.0 Å². The Kier molecular flexibility index (Phi) is 3.88. The van der Waals surface area contributed by atoms with Gasteiger partial charge in [0.2, 0.25) is 0 Å². The second-order valence-corrected chi connectivity index (χ2v) is 7.09. The molecule has 102 valence electrons. The van der Waals surface area contributed by atoms with Gasteiger partial charge in [-0.2, -0.15) is 5.10 Å². The number of sulfonamides is 1. The number of nitrogens with two attached hydrogens (primary N) is 1. The minimum Gasteiger partial charge on any atom is -0.399 e. The minimum atomic E-state index is -3.74. The van der Waals surface area contributed by atoms with E-state index in [-0.39, 0.29) is 4.90 Å². The third-order valence-electron chi connectivity index (χ3n) is 2.35. The van der Waals surface area contributed by atoms with E-state index >= 15 is 0 Å². The number of halogens is 2. The zero-order chi connectivity index (χ0) is 14.2. The SMILES string of the molecule is Cn1nccc1NS(=O)(=O)c1c(Br)cc(N)cc1Br. The molecule has 6 nitrogen and oxygen atoms in total. The molecule has 0 aliphatic carbocycles. The Labute approximate surface area is 127 Å². The van der Waals surface area contributed by atoms with Gasteiger partial charge in [0.05, 0.1) is 6.20 Å². The highest BCUT2D eigenvalue weighted by Crippen LogP contribution is 2.33. The Balaban J connectivity index is 2.49. The number of nitrogen functional groups attached to an aromatic ring is 1. The fourth-order valence-corrected chi connectivity index (χ4v) is 5.21. The lowest BCUT2D eigenvalue weighted by Crippen LogP contribution is -2.16. The van der Waals surface area contributed by atoms with E-state index in [2.05, 4.69) is 41.7 Å². The normalized spacial score (nSPS) is 11.5. The van der Waals surface area contributed by atoms with Crippen molar-refractivity contribution >= 4 is 53.4 Å². The predicted octanol–water partition coefficient (Wildman–Crippen LogP) is 2.33. The van der Waals surface area contributed by atoms with Crippen LogP contribution in [0.4, 0.5) is 11.5 Å². The molecule has 19 heavy (non-hydrogen) atoms. The number of rotatable bonds is 3. The number of hydrogen-bond acceptors (Lipinski definition) is 4. The monoisotopic (exact) mass is 408 g/mol. The number of aromatic nitrogens is 2. The molecule has 0 radical (unpaired) electrons. The molecule has 0 aliphatic rings. The van der Waals surface area contributed by atoms with Crippen LogP contribution in [0.25, 0.3) is 0 Å². The van der Waals surface area contributed by atoms with E-state index in [0.717, 1.165) is 0 Å². The first kappa shape index (κ1) is 14.4. The van der Waals surface area contributed by atoms with Crippen LogP contribution >= 0.6 is 31.9 Å². The third-order valence-corrected chi connectivity index (χ3v) is 5.58. The summed E-state index contributed by atoms with van der Waals surface area (Å²) in [5.74, 6) is 0.371. The molecule has 0 saturated carbocycles. The van der Waals surface area contributed by atoms with Crippen molar-refractivity contribution in [2.24, 2.45) is 7.05 Å². The Morgan fingerprint density at radius 2 is 1.89 bits per heavy atom. The summed E-state index contributed by atoms with van der Waals surface area (Å²) >= 11 is 6.41. The first-order valence-corrected chi connectivity index (χ1v) is 8.13. The van der Waals surface area contributed by atoms with Crippen LogP contribution in [0, 0.1) is 0 Å². The Morgan fingerprint density at radius 3 is 2.37 bits per heavy atom. The average molecular weight is 410 g/mol. The summed E-state index contributed by atoms with van der Waals surface area (Å²) in [5, 5.41) is 3.90. The van der Waals surface area contributed by atoms with Gasteiger partial charge in [-0.3, -0.25) is 9.40 Å². The van der Waals surface area contributed by atoms with Crippen molar-refractivity contribution in [2.45, 2.75) is 4.90 Å². The van der Waals surface area contributed by atoms with Crippen molar-refractivity contribution in [2.75, 3.05) is 10.5 Å². The molecule has 0 saturated heterocycles. The summed E-state index contributed by atoms with van der Waals surface area (Å²) in [4.78, 5) is 0.0860. The quantitative estimate of drug-likeness (QED) is 0.761. The van der Waals surface area contributed by atoms with Gasteiger partial charge in [-0.25, -0.2) is 8.42 Å². The van der Waals surface area contributed by atoms with Gasteiger partial charge in [0.25, 0.3) is 10.0 Å². The summed E-state index contributed by atoms with van der Waals surface area (Å²) in [5.41, 5.74) is 6.10. The Morgan fingerprint density at radius 1 is 1.32 bits per heavy atom. The van der Waals surface area contributed by atoms with Crippen LogP contribution in [0.5, 0.6) is 0 Å². The summed E-state index contributed by atoms with van der Waals surface area (Å²) in [6.45, 7) is 0. The molecule has 9 heteroatoms. The molecular formula is C10H10Br2N4O2S. The highest BCUT2D eigenvalue weighted by molar-refractivity contribution is 9.11. The fraction of sp³-hybridized carbons (Fsp3) is 0.100. The van der Waals surface area contributed by atoms with Gasteiger partial charge in [-0.15, -0.1) is 0 Å². The van der Waals surface area contributed by atoms with E-state index in [1.807, 2.05) is 0 Å². The van der Waals surface area contributed by atoms with Crippen molar-refractivity contribution in [3.63, 3.8) is 0 Å². The van der Waals surface area contributed by atoms with Gasteiger partial charge in [0.1, 0.15) is 10.7 Å². The highest BCUT2D eigenvalue weighted by Gasteiger charge is 2.22. The third kappa shape index (κ3) is 2.93. The van der Waals surface area contributed by atoms with Gasteiger partial charge in [0.15, 0.2) is 0 Å². The summed E-state index contributed by atoms with van der Waals surface area (Å²) in [6, 6.07) is 4.63. The van der Waals surface area contributed by atoms with Crippen molar-refractivity contribution < 1.29 is 8.42 Å². The molecule has 3 N–H and O–H groups in total. The van der Waals surface area contributed by atoms with Crippen LogP contribution in [0.3, 0.4) is 0 Å². The van der Waals surface area contributed by atoms with Gasteiger partial charge in [-0.1, -0.05) is 0 Å². The molecule has 0 amide bonds. The zero-order valence-corrected chi connectivity index (χ0v) is 13.8. The van der Waals surface area contributed by atoms with E-state index in [1.165, 1.54) is 23.0 Å². The van der Waals surface area contributed by atoms with Gasteiger partial charge in [-0.05, 0) is 44.0 Å². The Bertz CT molecular complexity index is 704. The standard InChI is InChI=1S/C10H10Br2N4O2S/c1-16-9(2-3-14-16)15-19(17,18)10-7(11)4-6(13)5-8(10)12/h2-5,15H,13H2,1H3. The molecule has 0 fully saturated rings. The predicted molar refractivity (Wildman–Crippen MR) is 80.3 cm³/mol. The first-order valence-electron chi connectivity index (χ1n) is 5.06. The summed E-state index contributed by atoms with van der Waals surface area (Å²) in [6.07, 6.45) is 1.50. The lowest BCUT2D eigenvalue weighted by atomic mass is 10.3. The fourth-order valence-electron chi connectivity index (χ4n) is 1.50. The van der Waals surface area contributed by atoms with Crippen molar-refractivity contribution in [3.8, 4) is 0 Å². The number of anilines is 2. The maximum Gasteiger partial charge on any atom is 0.265 e. The van der Waals surface area contributed by atoms with E-state index in [4.69, 9.17) is 5.73 Å². The van der Waals surface area contributed by atoms with Crippen LogP contribution in [0.2, 0.25) is 0 Å². The van der Waals surface area contributed by atoms with Crippen LogP contribution in [0.1, 0.15) is 0 Å². The maximum atomic E-state index is 12.4. The maximum absolute atomic E-state index is 12.4. The molecule has 2 rings (SSSR count). The van der Waals surface area contributed by atoms with Crippen LogP contribution < -0.4 is 10.5 Å². The summed E-state index contributed by atoms with van der Waals surface area (Å²) < 4.78 is 29.4. The lowest BCUT2D eigenvalue weighted by Gasteiger charge is -2.12. The first-order chi connectivity index (χ1) is 8.81. The molecule has 0 aliphatic heterocycles. The smallest absolute Gasteiger partial charge is 0.265 e. The molecule has 0 bridgehead atoms. The second kappa shape index (κ2) is 5.14. The zero-order valence-electron chi connectivity index (χ0n) is 9.76. The second-order valence-electron chi connectivity index (χ2n) is 3.76. The van der Waals surface area contributed by atoms with Crippen LogP contribution in [-0.2, 0) is 17.1 Å². The van der Waals surface area contributed by atoms with E-state index < -0.39 is 10.0 Å².